The van der Waals surface area contributed by atoms with E-state index in [-0.39, 0.29) is 11.7 Å². The van der Waals surface area contributed by atoms with Crippen LogP contribution in [0.3, 0.4) is 0 Å². The van der Waals surface area contributed by atoms with Gasteiger partial charge in [0.2, 0.25) is 4.80 Å². The summed E-state index contributed by atoms with van der Waals surface area (Å²) in [5, 5.41) is 0. The number of likely N-dealkylation sites (N-methyl/N-ethyl adjacent to an activating group) is 1. The molecule has 1 aliphatic heterocycles. The highest BCUT2D eigenvalue weighted by Crippen LogP contribution is 2.11. The van der Waals surface area contributed by atoms with E-state index in [1.54, 1.807) is 3.96 Å². The van der Waals surface area contributed by atoms with E-state index in [1.165, 1.54) is 18.0 Å². The number of piperidine rings is 1. The van der Waals surface area contributed by atoms with E-state index in [0.29, 0.717) is 6.04 Å². The van der Waals surface area contributed by atoms with Gasteiger partial charge in [-0.05, 0) is 58.7 Å². The van der Waals surface area contributed by atoms with E-state index in [9.17, 15) is 4.79 Å². The Balaban J connectivity index is 2.40. The molecule has 1 unspecified atom stereocenters. The van der Waals surface area contributed by atoms with E-state index in [4.69, 9.17) is 4.99 Å². The van der Waals surface area contributed by atoms with Crippen LogP contribution in [0.15, 0.2) is 9.79 Å². The molecule has 6 heteroatoms. The molecule has 2 heterocycles. The first-order chi connectivity index (χ1) is 9.02. The molecule has 108 valence electrons. The molecule has 1 fully saturated rings. The fraction of sp³-hybridized carbons (Fsp3) is 0.846. The number of rotatable bonds is 3. The SMILES string of the molecule is CCn1sc(=NC2CCCN(C)C2)n(C(C)C)c1=O. The van der Waals surface area contributed by atoms with Gasteiger partial charge >= 0.3 is 5.69 Å². The van der Waals surface area contributed by atoms with Gasteiger partial charge in [-0.15, -0.1) is 0 Å². The molecule has 1 aliphatic rings. The smallest absolute Gasteiger partial charge is 0.304 e. The van der Waals surface area contributed by atoms with Crippen molar-refractivity contribution in [2.45, 2.75) is 52.2 Å². The molecule has 0 spiro atoms. The molecule has 0 radical (unpaired) electrons. The second-order valence-corrected chi connectivity index (χ2v) is 6.49. The van der Waals surface area contributed by atoms with E-state index in [2.05, 4.69) is 11.9 Å². The molecule has 0 aliphatic carbocycles. The number of aryl methyl sites for hydroxylation is 1. The lowest BCUT2D eigenvalue weighted by molar-refractivity contribution is 0.250. The second-order valence-electron chi connectivity index (χ2n) is 5.50. The molecule has 0 saturated carbocycles. The van der Waals surface area contributed by atoms with Crippen molar-refractivity contribution in [1.29, 1.82) is 0 Å². The Morgan fingerprint density at radius 1 is 1.47 bits per heavy atom. The summed E-state index contributed by atoms with van der Waals surface area (Å²) in [5.41, 5.74) is 0.0745. The third-order valence-corrected chi connectivity index (χ3v) is 4.61. The minimum atomic E-state index is 0.0745. The first-order valence-electron chi connectivity index (χ1n) is 7.08. The Bertz CT molecular complexity index is 540. The molecular weight excluding hydrogens is 260 g/mol. The van der Waals surface area contributed by atoms with Crippen molar-refractivity contribution in [3.05, 3.63) is 15.3 Å². The van der Waals surface area contributed by atoms with Crippen LogP contribution in [-0.2, 0) is 6.54 Å². The fourth-order valence-electron chi connectivity index (χ4n) is 2.51. The van der Waals surface area contributed by atoms with Gasteiger partial charge in [-0.3, -0.25) is 9.56 Å². The first kappa shape index (κ1) is 14.5. The summed E-state index contributed by atoms with van der Waals surface area (Å²) in [6.45, 7) is 8.95. The third kappa shape index (κ3) is 3.17. The van der Waals surface area contributed by atoms with Crippen LogP contribution in [0.1, 0.15) is 39.7 Å². The molecule has 1 aromatic rings. The molecule has 1 aromatic heterocycles. The van der Waals surface area contributed by atoms with Gasteiger partial charge < -0.3 is 4.90 Å². The summed E-state index contributed by atoms with van der Waals surface area (Å²) in [7, 11) is 2.14. The Hall–Kier alpha value is -0.880. The largest absolute Gasteiger partial charge is 0.340 e. The van der Waals surface area contributed by atoms with Crippen molar-refractivity contribution in [2.24, 2.45) is 4.99 Å². The predicted octanol–water partition coefficient (Wildman–Crippen LogP) is 1.31. The number of aromatic nitrogens is 2. The maximum absolute atomic E-state index is 12.2. The number of hydrogen-bond acceptors (Lipinski definition) is 4. The molecular formula is C13H24N4OS. The maximum Gasteiger partial charge on any atom is 0.340 e. The number of hydrogen-bond donors (Lipinski definition) is 0. The first-order valence-corrected chi connectivity index (χ1v) is 7.85. The van der Waals surface area contributed by atoms with Crippen LogP contribution >= 0.6 is 11.5 Å². The van der Waals surface area contributed by atoms with E-state index in [0.717, 1.165) is 30.9 Å². The summed E-state index contributed by atoms with van der Waals surface area (Å²) in [4.78, 5) is 20.3. The van der Waals surface area contributed by atoms with Crippen LogP contribution in [0.2, 0.25) is 0 Å². The van der Waals surface area contributed by atoms with Gasteiger partial charge in [0, 0.05) is 19.1 Å². The lowest BCUT2D eigenvalue weighted by atomic mass is 10.1. The fourth-order valence-corrected chi connectivity index (χ4v) is 3.58. The minimum absolute atomic E-state index is 0.0745. The highest BCUT2D eigenvalue weighted by Gasteiger charge is 2.18. The van der Waals surface area contributed by atoms with Crippen LogP contribution in [0.5, 0.6) is 0 Å². The average molecular weight is 284 g/mol. The maximum atomic E-state index is 12.2. The van der Waals surface area contributed by atoms with Crippen LogP contribution in [-0.4, -0.2) is 39.6 Å². The zero-order valence-corrected chi connectivity index (χ0v) is 13.1. The van der Waals surface area contributed by atoms with Crippen LogP contribution in [0, 0.1) is 0 Å². The minimum Gasteiger partial charge on any atom is -0.304 e. The Kier molecular flexibility index (Phi) is 4.62. The summed E-state index contributed by atoms with van der Waals surface area (Å²) in [6.07, 6.45) is 2.32. The molecule has 0 amide bonds. The van der Waals surface area contributed by atoms with Crippen molar-refractivity contribution in [2.75, 3.05) is 20.1 Å². The van der Waals surface area contributed by atoms with Gasteiger partial charge in [0.05, 0.1) is 6.04 Å². The predicted molar refractivity (Wildman–Crippen MR) is 78.7 cm³/mol. The van der Waals surface area contributed by atoms with Crippen LogP contribution < -0.4 is 10.5 Å². The van der Waals surface area contributed by atoms with Crippen molar-refractivity contribution in [3.8, 4) is 0 Å². The molecule has 1 atom stereocenters. The Morgan fingerprint density at radius 3 is 2.79 bits per heavy atom. The molecule has 5 nitrogen and oxygen atoms in total. The molecule has 1 saturated heterocycles. The standard InChI is InChI=1S/C13H24N4OS/c1-5-16-13(18)17(10(2)3)12(19-16)14-11-7-6-8-15(4)9-11/h10-11H,5-9H2,1-4H3. The Morgan fingerprint density at radius 2 is 2.21 bits per heavy atom. The highest BCUT2D eigenvalue weighted by atomic mass is 32.1. The van der Waals surface area contributed by atoms with Gasteiger partial charge in [-0.25, -0.2) is 8.75 Å². The average Bonchev–Trinajstić information content (AvgIpc) is 2.65. The monoisotopic (exact) mass is 284 g/mol. The Labute approximate surface area is 118 Å². The van der Waals surface area contributed by atoms with E-state index < -0.39 is 0 Å². The van der Waals surface area contributed by atoms with Gasteiger partial charge in [0.25, 0.3) is 0 Å². The molecule has 0 bridgehead atoms. The van der Waals surface area contributed by atoms with Gasteiger partial charge in [0.15, 0.2) is 0 Å². The van der Waals surface area contributed by atoms with Crippen molar-refractivity contribution >= 4 is 11.5 Å². The molecule has 0 N–H and O–H groups in total. The van der Waals surface area contributed by atoms with Gasteiger partial charge in [0.1, 0.15) is 0 Å². The normalized spacial score (nSPS) is 22.4. The highest BCUT2D eigenvalue weighted by molar-refractivity contribution is 7.03. The van der Waals surface area contributed by atoms with Gasteiger partial charge in [-0.2, -0.15) is 0 Å². The summed E-state index contributed by atoms with van der Waals surface area (Å²) in [6, 6.07) is 0.490. The zero-order valence-electron chi connectivity index (χ0n) is 12.3. The van der Waals surface area contributed by atoms with E-state index in [1.807, 2.05) is 25.3 Å². The second kappa shape index (κ2) is 6.05. The zero-order chi connectivity index (χ0) is 14.0. The van der Waals surface area contributed by atoms with Gasteiger partial charge in [-0.1, -0.05) is 0 Å². The van der Waals surface area contributed by atoms with Crippen molar-refractivity contribution in [1.82, 2.24) is 13.4 Å². The van der Waals surface area contributed by atoms with Crippen molar-refractivity contribution in [3.63, 3.8) is 0 Å². The van der Waals surface area contributed by atoms with Crippen LogP contribution in [0.4, 0.5) is 0 Å². The third-order valence-electron chi connectivity index (χ3n) is 3.51. The number of likely N-dealkylation sites (tertiary alicyclic amines) is 1. The van der Waals surface area contributed by atoms with Crippen molar-refractivity contribution < 1.29 is 0 Å². The summed E-state index contributed by atoms with van der Waals surface area (Å²) >= 11 is 1.49. The van der Waals surface area contributed by atoms with E-state index >= 15 is 0 Å². The summed E-state index contributed by atoms with van der Waals surface area (Å²) in [5.74, 6) is 0. The van der Waals surface area contributed by atoms with Crippen LogP contribution in [0.25, 0.3) is 0 Å². The number of nitrogens with zero attached hydrogens (tertiary/aromatic N) is 4. The molecule has 19 heavy (non-hydrogen) atoms. The topological polar surface area (TPSA) is 42.5 Å². The summed E-state index contributed by atoms with van der Waals surface area (Å²) < 4.78 is 3.61. The lowest BCUT2D eigenvalue weighted by Gasteiger charge is -2.26. The molecule has 0 aromatic carbocycles. The molecule has 2 rings (SSSR count). The quantitative estimate of drug-likeness (QED) is 0.840. The lowest BCUT2D eigenvalue weighted by Crippen LogP contribution is -2.37.